The van der Waals surface area contributed by atoms with E-state index in [0.29, 0.717) is 0 Å². The van der Waals surface area contributed by atoms with E-state index in [1.807, 2.05) is 0 Å². The van der Waals surface area contributed by atoms with Gasteiger partial charge in [0.2, 0.25) is 0 Å². The molecular formula is C55H35N3. The predicted octanol–water partition coefficient (Wildman–Crippen LogP) is 14.0. The number of rotatable bonds is 3. The molecule has 3 heterocycles. The summed E-state index contributed by atoms with van der Waals surface area (Å²) in [6.07, 6.45) is 0. The number of aromatic nitrogens is 2. The van der Waals surface area contributed by atoms with E-state index in [2.05, 4.69) is 226 Å². The lowest BCUT2D eigenvalue weighted by atomic mass is 9.64. The quantitative estimate of drug-likeness (QED) is 0.176. The highest BCUT2D eigenvalue weighted by Crippen LogP contribution is 2.64. The third kappa shape index (κ3) is 4.02. The molecule has 0 saturated heterocycles. The average molecular weight is 738 g/mol. The Kier molecular flexibility index (Phi) is 6.37. The first-order chi connectivity index (χ1) is 28.8. The summed E-state index contributed by atoms with van der Waals surface area (Å²) in [6.45, 7) is 0. The van der Waals surface area contributed by atoms with E-state index in [4.69, 9.17) is 0 Å². The highest BCUT2D eigenvalue weighted by atomic mass is 15.2. The second-order valence-electron chi connectivity index (χ2n) is 15.7. The zero-order valence-electron chi connectivity index (χ0n) is 31.5. The number of fused-ring (bicyclic) bond motifs is 15. The number of hydrogen-bond donors (Lipinski definition) is 0. The van der Waals surface area contributed by atoms with Crippen LogP contribution in [-0.2, 0) is 5.41 Å². The summed E-state index contributed by atoms with van der Waals surface area (Å²) >= 11 is 0. The molecule has 0 fully saturated rings. The monoisotopic (exact) mass is 737 g/mol. The van der Waals surface area contributed by atoms with Crippen LogP contribution in [0.1, 0.15) is 22.3 Å². The molecule has 3 heteroatoms. The van der Waals surface area contributed by atoms with Crippen molar-refractivity contribution >= 4 is 60.7 Å². The molecule has 58 heavy (non-hydrogen) atoms. The molecule has 0 atom stereocenters. The van der Waals surface area contributed by atoms with Gasteiger partial charge in [0, 0.05) is 38.6 Å². The lowest BCUT2D eigenvalue weighted by Crippen LogP contribution is -2.36. The first kappa shape index (κ1) is 31.6. The molecule has 0 saturated carbocycles. The molecule has 0 bridgehead atoms. The third-order valence-electron chi connectivity index (χ3n) is 12.9. The van der Waals surface area contributed by atoms with Crippen molar-refractivity contribution in [1.29, 1.82) is 0 Å². The highest BCUT2D eigenvalue weighted by molar-refractivity contribution is 6.11. The summed E-state index contributed by atoms with van der Waals surface area (Å²) in [5, 5.41) is 5.06. The molecule has 2 aliphatic rings. The molecule has 11 aromatic rings. The van der Waals surface area contributed by atoms with Gasteiger partial charge < -0.3 is 14.0 Å². The van der Waals surface area contributed by atoms with E-state index in [0.717, 1.165) is 17.1 Å². The number of hydrogen-bond acceptors (Lipinski definition) is 1. The fourth-order valence-electron chi connectivity index (χ4n) is 10.7. The fraction of sp³-hybridized carbons (Fsp3) is 0.0182. The summed E-state index contributed by atoms with van der Waals surface area (Å²) < 4.78 is 4.90. The molecule has 2 aromatic heterocycles. The van der Waals surface area contributed by atoms with Gasteiger partial charge in [-0.15, -0.1) is 0 Å². The first-order valence-corrected chi connectivity index (χ1v) is 20.1. The van der Waals surface area contributed by atoms with E-state index in [9.17, 15) is 0 Å². The summed E-state index contributed by atoms with van der Waals surface area (Å²) in [5.74, 6) is 0. The zero-order valence-corrected chi connectivity index (χ0v) is 31.5. The van der Waals surface area contributed by atoms with Crippen molar-refractivity contribution in [3.63, 3.8) is 0 Å². The average Bonchev–Trinajstić information content (AvgIpc) is 3.91. The summed E-state index contributed by atoms with van der Waals surface area (Å²) in [4.78, 5) is 2.45. The lowest BCUT2D eigenvalue weighted by molar-refractivity contribution is 0.752. The second-order valence-corrected chi connectivity index (χ2v) is 15.7. The van der Waals surface area contributed by atoms with Crippen LogP contribution in [0, 0.1) is 0 Å². The van der Waals surface area contributed by atoms with Crippen molar-refractivity contribution in [2.24, 2.45) is 0 Å². The van der Waals surface area contributed by atoms with Crippen LogP contribution in [0.4, 0.5) is 17.1 Å². The molecule has 0 radical (unpaired) electrons. The molecule has 1 aliphatic carbocycles. The van der Waals surface area contributed by atoms with Gasteiger partial charge in [-0.3, -0.25) is 0 Å². The maximum atomic E-state index is 2.46. The van der Waals surface area contributed by atoms with Crippen molar-refractivity contribution in [2.45, 2.75) is 5.41 Å². The third-order valence-corrected chi connectivity index (χ3v) is 12.9. The van der Waals surface area contributed by atoms with E-state index in [1.54, 1.807) is 0 Å². The predicted molar refractivity (Wildman–Crippen MR) is 241 cm³/mol. The molecule has 3 nitrogen and oxygen atoms in total. The topological polar surface area (TPSA) is 13.1 Å². The second kappa shape index (κ2) is 11.7. The Morgan fingerprint density at radius 2 is 0.638 bits per heavy atom. The Morgan fingerprint density at radius 1 is 0.276 bits per heavy atom. The first-order valence-electron chi connectivity index (χ1n) is 20.1. The van der Waals surface area contributed by atoms with Gasteiger partial charge in [-0.2, -0.15) is 0 Å². The van der Waals surface area contributed by atoms with Gasteiger partial charge in [-0.25, -0.2) is 0 Å². The molecule has 13 rings (SSSR count). The lowest BCUT2D eigenvalue weighted by Gasteiger charge is -2.45. The van der Waals surface area contributed by atoms with E-state index >= 15 is 0 Å². The number of nitrogens with zero attached hydrogens (tertiary/aromatic N) is 3. The fourth-order valence-corrected chi connectivity index (χ4v) is 10.7. The SMILES string of the molecule is c1ccc(N2c3ccccc3C3(c4ccc(-n5c6ccccc6c6ccccc65)cc4-c4cc(-n5c6ccccc6c6ccccc65)ccc43)c3ccccc32)cc1. The van der Waals surface area contributed by atoms with E-state index in [-0.39, 0.29) is 0 Å². The van der Waals surface area contributed by atoms with Crippen LogP contribution in [0.15, 0.2) is 212 Å². The molecule has 0 amide bonds. The summed E-state index contributed by atoms with van der Waals surface area (Å²) in [6, 6.07) is 78.7. The van der Waals surface area contributed by atoms with Gasteiger partial charge in [0.1, 0.15) is 0 Å². The van der Waals surface area contributed by atoms with Gasteiger partial charge >= 0.3 is 0 Å². The van der Waals surface area contributed by atoms with Crippen LogP contribution in [0.2, 0.25) is 0 Å². The Hall–Kier alpha value is -7.62. The minimum absolute atomic E-state index is 0.554. The van der Waals surface area contributed by atoms with Crippen molar-refractivity contribution in [2.75, 3.05) is 4.90 Å². The maximum Gasteiger partial charge on any atom is 0.0754 e. The normalized spacial score (nSPS) is 13.6. The maximum absolute atomic E-state index is 2.46. The summed E-state index contributed by atoms with van der Waals surface area (Å²) in [7, 11) is 0. The number of anilines is 3. The Morgan fingerprint density at radius 3 is 1.07 bits per heavy atom. The van der Waals surface area contributed by atoms with Gasteiger partial charge in [0.25, 0.3) is 0 Å². The van der Waals surface area contributed by atoms with Gasteiger partial charge in [-0.1, -0.05) is 140 Å². The van der Waals surface area contributed by atoms with E-state index < -0.39 is 5.41 Å². The minimum atomic E-state index is -0.554. The minimum Gasteiger partial charge on any atom is -0.310 e. The molecule has 270 valence electrons. The standard InChI is InChI=1S/C55H35N3/c1-2-16-36(17-3-1)56-53-28-14-8-22-47(53)55(48-23-9-15-29-54(48)56)45-32-30-37(57-49-24-10-4-18-39(49)40-19-5-11-25-50(40)57)34-43(45)44-35-38(31-33-46(44)55)58-51-26-12-6-20-41(51)42-21-7-13-27-52(42)58/h1-35H. The Balaban J connectivity index is 1.15. The number of para-hydroxylation sites is 7. The molecular weight excluding hydrogens is 703 g/mol. The van der Waals surface area contributed by atoms with Gasteiger partial charge in [0.05, 0.1) is 38.9 Å². The Labute approximate surface area is 335 Å². The van der Waals surface area contributed by atoms with Crippen LogP contribution in [-0.4, -0.2) is 9.13 Å². The van der Waals surface area contributed by atoms with Crippen LogP contribution in [0.3, 0.4) is 0 Å². The van der Waals surface area contributed by atoms with Crippen LogP contribution in [0.25, 0.3) is 66.1 Å². The molecule has 9 aromatic carbocycles. The van der Waals surface area contributed by atoms with Crippen molar-refractivity contribution in [3.8, 4) is 22.5 Å². The Bertz CT molecular complexity index is 3160. The summed E-state index contributed by atoms with van der Waals surface area (Å²) in [5.41, 5.74) is 17.8. The van der Waals surface area contributed by atoms with Gasteiger partial charge in [0.15, 0.2) is 0 Å². The van der Waals surface area contributed by atoms with Crippen LogP contribution < -0.4 is 4.90 Å². The molecule has 0 unspecified atom stereocenters. The molecule has 1 aliphatic heterocycles. The van der Waals surface area contributed by atoms with Gasteiger partial charge in [-0.05, 0) is 106 Å². The van der Waals surface area contributed by atoms with Crippen LogP contribution in [0.5, 0.6) is 0 Å². The largest absolute Gasteiger partial charge is 0.310 e. The highest BCUT2D eigenvalue weighted by Gasteiger charge is 2.52. The molecule has 0 N–H and O–H groups in total. The molecule has 1 spiro atoms. The zero-order chi connectivity index (χ0) is 38.0. The van der Waals surface area contributed by atoms with Crippen molar-refractivity contribution in [1.82, 2.24) is 9.13 Å². The van der Waals surface area contributed by atoms with Crippen molar-refractivity contribution in [3.05, 3.63) is 235 Å². The van der Waals surface area contributed by atoms with Crippen molar-refractivity contribution < 1.29 is 0 Å². The van der Waals surface area contributed by atoms with E-state index in [1.165, 1.54) is 88.4 Å². The number of benzene rings is 9. The van der Waals surface area contributed by atoms with Crippen LogP contribution >= 0.6 is 0 Å². The smallest absolute Gasteiger partial charge is 0.0754 e.